The highest BCUT2D eigenvalue weighted by atomic mass is 15.3. The van der Waals surface area contributed by atoms with Gasteiger partial charge in [-0.05, 0) is 42.6 Å². The second-order valence-corrected chi connectivity index (χ2v) is 5.70. The third-order valence-corrected chi connectivity index (χ3v) is 4.16. The molecule has 3 aromatic rings. The summed E-state index contributed by atoms with van der Waals surface area (Å²) in [6, 6.07) is 10.9. The van der Waals surface area contributed by atoms with Crippen LogP contribution in [0.1, 0.15) is 22.9 Å². The minimum absolute atomic E-state index is 0.302. The smallest absolute Gasteiger partial charge is 0.0829 e. The predicted octanol–water partition coefficient (Wildman–Crippen LogP) is 2.40. The molecular formula is C17H18N4. The van der Waals surface area contributed by atoms with Crippen molar-refractivity contribution < 1.29 is 0 Å². The van der Waals surface area contributed by atoms with Gasteiger partial charge >= 0.3 is 0 Å². The van der Waals surface area contributed by atoms with Crippen LogP contribution in [0.2, 0.25) is 0 Å². The van der Waals surface area contributed by atoms with Crippen LogP contribution < -0.4 is 5.32 Å². The van der Waals surface area contributed by atoms with Crippen molar-refractivity contribution in [3.63, 3.8) is 0 Å². The zero-order valence-corrected chi connectivity index (χ0v) is 12.1. The lowest BCUT2D eigenvalue weighted by molar-refractivity contribution is 0.488. The topological polar surface area (TPSA) is 42.7 Å². The van der Waals surface area contributed by atoms with E-state index in [1.807, 2.05) is 24.0 Å². The lowest BCUT2D eigenvalue weighted by Gasteiger charge is -2.23. The summed E-state index contributed by atoms with van der Waals surface area (Å²) in [5, 5.41) is 9.41. The number of benzene rings is 1. The number of rotatable bonds is 2. The summed E-state index contributed by atoms with van der Waals surface area (Å²) >= 11 is 0. The molecule has 0 aliphatic carbocycles. The molecule has 2 aromatic heterocycles. The highest BCUT2D eigenvalue weighted by molar-refractivity contribution is 5.78. The van der Waals surface area contributed by atoms with E-state index in [2.05, 4.69) is 45.9 Å². The molecule has 0 spiro atoms. The van der Waals surface area contributed by atoms with Crippen molar-refractivity contribution in [1.29, 1.82) is 0 Å². The van der Waals surface area contributed by atoms with Gasteiger partial charge in [0.15, 0.2) is 0 Å². The SMILES string of the molecule is Cn1cc2c(n1)C(Cc1ccc3cccnc3c1)NCC2. The maximum absolute atomic E-state index is 4.63. The fourth-order valence-corrected chi connectivity index (χ4v) is 3.16. The molecule has 0 saturated carbocycles. The third-order valence-electron chi connectivity index (χ3n) is 4.16. The van der Waals surface area contributed by atoms with Crippen LogP contribution >= 0.6 is 0 Å². The molecule has 0 saturated heterocycles. The van der Waals surface area contributed by atoms with Gasteiger partial charge in [0.2, 0.25) is 0 Å². The monoisotopic (exact) mass is 278 g/mol. The summed E-state index contributed by atoms with van der Waals surface area (Å²) in [5.74, 6) is 0. The molecule has 106 valence electrons. The van der Waals surface area contributed by atoms with Crippen LogP contribution in [-0.2, 0) is 19.9 Å². The number of aryl methyl sites for hydroxylation is 1. The molecule has 0 bridgehead atoms. The molecule has 1 N–H and O–H groups in total. The Morgan fingerprint density at radius 1 is 1.33 bits per heavy atom. The summed E-state index contributed by atoms with van der Waals surface area (Å²) in [7, 11) is 2.00. The minimum Gasteiger partial charge on any atom is -0.308 e. The van der Waals surface area contributed by atoms with Gasteiger partial charge in [0.05, 0.1) is 17.3 Å². The van der Waals surface area contributed by atoms with E-state index in [-0.39, 0.29) is 0 Å². The van der Waals surface area contributed by atoms with Crippen molar-refractivity contribution in [2.24, 2.45) is 7.05 Å². The average molecular weight is 278 g/mol. The second-order valence-electron chi connectivity index (χ2n) is 5.70. The van der Waals surface area contributed by atoms with E-state index in [1.165, 1.54) is 22.2 Å². The summed E-state index contributed by atoms with van der Waals surface area (Å²) < 4.78 is 1.92. The molecule has 3 heterocycles. The first kappa shape index (κ1) is 12.5. The Kier molecular flexibility index (Phi) is 2.97. The van der Waals surface area contributed by atoms with E-state index in [1.54, 1.807) is 0 Å². The largest absolute Gasteiger partial charge is 0.308 e. The number of pyridine rings is 1. The Hall–Kier alpha value is -2.20. The lowest BCUT2D eigenvalue weighted by atomic mass is 9.96. The van der Waals surface area contributed by atoms with Gasteiger partial charge in [0, 0.05) is 24.8 Å². The highest BCUT2D eigenvalue weighted by Crippen LogP contribution is 2.25. The molecule has 0 amide bonds. The Morgan fingerprint density at radius 3 is 3.24 bits per heavy atom. The van der Waals surface area contributed by atoms with E-state index in [0.29, 0.717) is 6.04 Å². The van der Waals surface area contributed by atoms with Crippen molar-refractivity contribution >= 4 is 10.9 Å². The van der Waals surface area contributed by atoms with E-state index >= 15 is 0 Å². The van der Waals surface area contributed by atoms with Gasteiger partial charge in [-0.25, -0.2) is 0 Å². The van der Waals surface area contributed by atoms with E-state index < -0.39 is 0 Å². The maximum atomic E-state index is 4.63. The molecular weight excluding hydrogens is 260 g/mol. The number of aromatic nitrogens is 3. The first-order valence-electron chi connectivity index (χ1n) is 7.39. The van der Waals surface area contributed by atoms with Crippen LogP contribution in [0.3, 0.4) is 0 Å². The number of nitrogens with zero attached hydrogens (tertiary/aromatic N) is 3. The fraction of sp³-hybridized carbons (Fsp3) is 0.294. The fourth-order valence-electron chi connectivity index (χ4n) is 3.16. The number of hydrogen-bond donors (Lipinski definition) is 1. The molecule has 1 atom stereocenters. The van der Waals surface area contributed by atoms with Gasteiger partial charge in [0.1, 0.15) is 0 Å². The predicted molar refractivity (Wildman–Crippen MR) is 83.1 cm³/mol. The molecule has 21 heavy (non-hydrogen) atoms. The van der Waals surface area contributed by atoms with Crippen LogP contribution in [0.5, 0.6) is 0 Å². The van der Waals surface area contributed by atoms with Gasteiger partial charge in [-0.2, -0.15) is 5.10 Å². The summed E-state index contributed by atoms with van der Waals surface area (Å²) in [6.45, 7) is 1.02. The summed E-state index contributed by atoms with van der Waals surface area (Å²) in [5.41, 5.74) is 4.94. The highest BCUT2D eigenvalue weighted by Gasteiger charge is 2.23. The molecule has 1 unspecified atom stereocenters. The Labute approximate surface area is 123 Å². The molecule has 4 rings (SSSR count). The second kappa shape index (κ2) is 4.97. The lowest BCUT2D eigenvalue weighted by Crippen LogP contribution is -2.31. The summed E-state index contributed by atoms with van der Waals surface area (Å²) in [4.78, 5) is 4.44. The number of nitrogens with one attached hydrogen (secondary N) is 1. The Morgan fingerprint density at radius 2 is 2.29 bits per heavy atom. The molecule has 0 radical (unpaired) electrons. The standard InChI is InChI=1S/C17H18N4/c1-21-11-14-6-8-19-16(17(14)20-21)10-12-4-5-13-3-2-7-18-15(13)9-12/h2-5,7,9,11,16,19H,6,8,10H2,1H3. The Bertz CT molecular complexity index is 790. The number of hydrogen-bond acceptors (Lipinski definition) is 3. The van der Waals surface area contributed by atoms with Crippen LogP contribution in [-0.4, -0.2) is 21.3 Å². The Balaban J connectivity index is 1.66. The number of fused-ring (bicyclic) bond motifs is 2. The molecule has 4 nitrogen and oxygen atoms in total. The van der Waals surface area contributed by atoms with Crippen LogP contribution in [0.15, 0.2) is 42.7 Å². The average Bonchev–Trinajstić information content (AvgIpc) is 2.89. The molecule has 1 aliphatic rings. The van der Waals surface area contributed by atoms with Crippen LogP contribution in [0.4, 0.5) is 0 Å². The van der Waals surface area contributed by atoms with Gasteiger partial charge in [-0.15, -0.1) is 0 Å². The minimum atomic E-state index is 0.302. The molecule has 4 heteroatoms. The van der Waals surface area contributed by atoms with Gasteiger partial charge in [0.25, 0.3) is 0 Å². The van der Waals surface area contributed by atoms with E-state index in [0.717, 1.165) is 24.9 Å². The normalized spacial score (nSPS) is 17.9. The van der Waals surface area contributed by atoms with Gasteiger partial charge in [-0.1, -0.05) is 18.2 Å². The van der Waals surface area contributed by atoms with E-state index in [4.69, 9.17) is 0 Å². The first-order valence-corrected chi connectivity index (χ1v) is 7.39. The zero-order chi connectivity index (χ0) is 14.2. The molecule has 1 aromatic carbocycles. The first-order chi connectivity index (χ1) is 10.3. The third kappa shape index (κ3) is 2.32. The quantitative estimate of drug-likeness (QED) is 0.782. The van der Waals surface area contributed by atoms with Crippen molar-refractivity contribution in [2.45, 2.75) is 18.9 Å². The zero-order valence-electron chi connectivity index (χ0n) is 12.1. The van der Waals surface area contributed by atoms with Crippen molar-refractivity contribution in [3.8, 4) is 0 Å². The molecule has 1 aliphatic heterocycles. The molecule has 0 fully saturated rings. The van der Waals surface area contributed by atoms with Crippen molar-refractivity contribution in [1.82, 2.24) is 20.1 Å². The van der Waals surface area contributed by atoms with Crippen molar-refractivity contribution in [3.05, 3.63) is 59.5 Å². The van der Waals surface area contributed by atoms with Gasteiger partial charge < -0.3 is 5.32 Å². The van der Waals surface area contributed by atoms with Gasteiger partial charge in [-0.3, -0.25) is 9.67 Å². The van der Waals surface area contributed by atoms with E-state index in [9.17, 15) is 0 Å². The maximum Gasteiger partial charge on any atom is 0.0829 e. The van der Waals surface area contributed by atoms with Crippen LogP contribution in [0.25, 0.3) is 10.9 Å². The summed E-state index contributed by atoms with van der Waals surface area (Å²) in [6.07, 6.45) is 6.02. The van der Waals surface area contributed by atoms with Crippen molar-refractivity contribution in [2.75, 3.05) is 6.54 Å². The van der Waals surface area contributed by atoms with Crippen LogP contribution in [0, 0.1) is 0 Å².